The molecule has 0 bridgehead atoms. The molecule has 0 unspecified atom stereocenters. The van der Waals surface area contributed by atoms with Gasteiger partial charge in [-0.25, -0.2) is 4.79 Å². The van der Waals surface area contributed by atoms with Gasteiger partial charge in [0.25, 0.3) is 0 Å². The quantitative estimate of drug-likeness (QED) is 0.405. The summed E-state index contributed by atoms with van der Waals surface area (Å²) < 4.78 is 25.1. The van der Waals surface area contributed by atoms with Crippen molar-refractivity contribution in [1.29, 1.82) is 0 Å². The van der Waals surface area contributed by atoms with E-state index in [0.29, 0.717) is 0 Å². The molecular formula is C14H20O11. The van der Waals surface area contributed by atoms with Crippen molar-refractivity contribution in [3.05, 3.63) is 0 Å². The third-order valence-electron chi connectivity index (χ3n) is 3.04. The van der Waals surface area contributed by atoms with E-state index in [4.69, 9.17) is 28.8 Å². The van der Waals surface area contributed by atoms with Crippen LogP contribution in [0.15, 0.2) is 0 Å². The number of carboxylic acids is 1. The lowest BCUT2D eigenvalue weighted by molar-refractivity contribution is -0.304. The fourth-order valence-corrected chi connectivity index (χ4v) is 2.18. The highest BCUT2D eigenvalue weighted by Gasteiger charge is 2.50. The van der Waals surface area contributed by atoms with Crippen molar-refractivity contribution in [3.63, 3.8) is 0 Å². The van der Waals surface area contributed by atoms with E-state index in [1.54, 1.807) is 0 Å². The van der Waals surface area contributed by atoms with Crippen LogP contribution in [0.2, 0.25) is 0 Å². The number of aliphatic hydroxyl groups excluding tert-OH is 1. The minimum absolute atomic E-state index is 0.398. The highest BCUT2D eigenvalue weighted by atomic mass is 16.7. The van der Waals surface area contributed by atoms with Crippen molar-refractivity contribution in [2.24, 2.45) is 0 Å². The monoisotopic (exact) mass is 364 g/mol. The van der Waals surface area contributed by atoms with E-state index in [2.05, 4.69) is 0 Å². The Kier molecular flexibility index (Phi) is 7.74. The van der Waals surface area contributed by atoms with Gasteiger partial charge in [0.1, 0.15) is 25.4 Å². The number of rotatable bonds is 7. The maximum absolute atomic E-state index is 11.3. The van der Waals surface area contributed by atoms with Crippen LogP contribution in [0.3, 0.4) is 0 Å². The topological polar surface area (TPSA) is 155 Å². The minimum Gasteiger partial charge on any atom is -0.480 e. The zero-order valence-corrected chi connectivity index (χ0v) is 13.9. The molecule has 1 saturated heterocycles. The van der Waals surface area contributed by atoms with Gasteiger partial charge >= 0.3 is 23.9 Å². The summed E-state index contributed by atoms with van der Waals surface area (Å²) in [5.74, 6) is -3.51. The van der Waals surface area contributed by atoms with Crippen LogP contribution in [0.1, 0.15) is 20.8 Å². The molecule has 0 aromatic carbocycles. The average Bonchev–Trinajstić information content (AvgIpc) is 2.47. The largest absolute Gasteiger partial charge is 0.480 e. The Hall–Kier alpha value is -2.24. The maximum Gasteiger partial charge on any atom is 0.329 e. The molecule has 11 nitrogen and oxygen atoms in total. The van der Waals surface area contributed by atoms with Crippen molar-refractivity contribution >= 4 is 23.9 Å². The number of hydrogen-bond acceptors (Lipinski definition) is 10. The highest BCUT2D eigenvalue weighted by molar-refractivity contribution is 5.68. The molecule has 25 heavy (non-hydrogen) atoms. The Balaban J connectivity index is 3.04. The van der Waals surface area contributed by atoms with Gasteiger partial charge in [-0.05, 0) is 0 Å². The fourth-order valence-electron chi connectivity index (χ4n) is 2.18. The van der Waals surface area contributed by atoms with E-state index in [0.717, 1.165) is 20.8 Å². The normalized spacial score (nSPS) is 28.7. The lowest BCUT2D eigenvalue weighted by atomic mass is 9.98. The van der Waals surface area contributed by atoms with Crippen LogP contribution in [-0.4, -0.2) is 78.0 Å². The Labute approximate surface area is 142 Å². The number of aliphatic carboxylic acids is 1. The molecule has 0 aromatic rings. The second-order valence-corrected chi connectivity index (χ2v) is 5.19. The number of carbonyl (C=O) groups excluding carboxylic acids is 3. The van der Waals surface area contributed by atoms with E-state index in [1.165, 1.54) is 0 Å². The summed E-state index contributed by atoms with van der Waals surface area (Å²) in [5, 5.41) is 18.9. The number of aliphatic hydroxyl groups is 1. The molecule has 1 rings (SSSR count). The first-order valence-corrected chi connectivity index (χ1v) is 7.26. The summed E-state index contributed by atoms with van der Waals surface area (Å²) in [6.45, 7) is 2.10. The van der Waals surface area contributed by atoms with Crippen LogP contribution in [0, 0.1) is 0 Å². The minimum atomic E-state index is -1.64. The zero-order valence-electron chi connectivity index (χ0n) is 13.9. The molecule has 0 radical (unpaired) electrons. The molecule has 11 heteroatoms. The molecule has 2 N–H and O–H groups in total. The average molecular weight is 364 g/mol. The predicted octanol–water partition coefficient (Wildman–Crippen LogP) is -1.40. The van der Waals surface area contributed by atoms with Crippen LogP contribution in [0.25, 0.3) is 0 Å². The first-order chi connectivity index (χ1) is 11.6. The molecule has 1 aliphatic heterocycles. The smallest absolute Gasteiger partial charge is 0.329 e. The van der Waals surface area contributed by atoms with Crippen LogP contribution in [-0.2, 0) is 42.9 Å². The summed E-state index contributed by atoms with van der Waals surface area (Å²) in [7, 11) is 0. The molecule has 1 fully saturated rings. The van der Waals surface area contributed by atoms with E-state index in [-0.39, 0.29) is 0 Å². The lowest BCUT2D eigenvalue weighted by Gasteiger charge is -2.42. The summed E-state index contributed by atoms with van der Waals surface area (Å²) in [4.78, 5) is 44.2. The third kappa shape index (κ3) is 6.64. The second kappa shape index (κ2) is 9.30. The van der Waals surface area contributed by atoms with Crippen LogP contribution in [0.5, 0.6) is 0 Å². The van der Waals surface area contributed by atoms with Crippen LogP contribution < -0.4 is 0 Å². The van der Waals surface area contributed by atoms with Gasteiger partial charge in [-0.1, -0.05) is 0 Å². The molecule has 1 heterocycles. The summed E-state index contributed by atoms with van der Waals surface area (Å²) in [6, 6.07) is 0. The molecule has 0 saturated carbocycles. The predicted molar refractivity (Wildman–Crippen MR) is 76.0 cm³/mol. The molecule has 0 aliphatic carbocycles. The maximum atomic E-state index is 11.3. The van der Waals surface area contributed by atoms with Gasteiger partial charge in [0, 0.05) is 20.8 Å². The molecule has 1 aliphatic rings. The van der Waals surface area contributed by atoms with E-state index < -0.39 is 67.8 Å². The van der Waals surface area contributed by atoms with Crippen molar-refractivity contribution in [3.8, 4) is 0 Å². The second-order valence-electron chi connectivity index (χ2n) is 5.19. The number of ether oxygens (including phenoxy) is 5. The van der Waals surface area contributed by atoms with Crippen molar-refractivity contribution in [1.82, 2.24) is 0 Å². The standard InChI is InChI=1S/C14H20O11/c1-6(15)21-4-9-12(23-7(2)16)13(24-8(3)17)11(20)14(25-9)22-5-10(18)19/h9,11-14,20H,4-5H2,1-3H3,(H,18,19)/t9-,11-,12-,13-,14-/m1/s1. The van der Waals surface area contributed by atoms with Crippen LogP contribution >= 0.6 is 0 Å². The van der Waals surface area contributed by atoms with Gasteiger partial charge in [-0.2, -0.15) is 0 Å². The summed E-state index contributed by atoms with van der Waals surface area (Å²) in [5.41, 5.74) is 0. The summed E-state index contributed by atoms with van der Waals surface area (Å²) in [6.07, 6.45) is -7.00. The molecule has 5 atom stereocenters. The van der Waals surface area contributed by atoms with Crippen LogP contribution in [0.4, 0.5) is 0 Å². The molecular weight excluding hydrogens is 344 g/mol. The molecule has 0 aromatic heterocycles. The lowest BCUT2D eigenvalue weighted by Crippen LogP contribution is -2.62. The van der Waals surface area contributed by atoms with Gasteiger partial charge in [0.2, 0.25) is 0 Å². The number of hydrogen-bond donors (Lipinski definition) is 2. The van der Waals surface area contributed by atoms with Gasteiger partial charge < -0.3 is 33.9 Å². The van der Waals surface area contributed by atoms with Gasteiger partial charge in [-0.3, -0.25) is 14.4 Å². The Morgan fingerprint density at radius 3 is 2.00 bits per heavy atom. The Morgan fingerprint density at radius 1 is 0.960 bits per heavy atom. The summed E-state index contributed by atoms with van der Waals surface area (Å²) >= 11 is 0. The zero-order chi connectivity index (χ0) is 19.1. The van der Waals surface area contributed by atoms with Crippen molar-refractivity contribution in [2.45, 2.75) is 51.5 Å². The first-order valence-electron chi connectivity index (χ1n) is 7.26. The molecule has 142 valence electrons. The van der Waals surface area contributed by atoms with Crippen molar-refractivity contribution in [2.75, 3.05) is 13.2 Å². The van der Waals surface area contributed by atoms with E-state index >= 15 is 0 Å². The first kappa shape index (κ1) is 20.8. The van der Waals surface area contributed by atoms with Gasteiger partial charge in [0.15, 0.2) is 18.5 Å². The highest BCUT2D eigenvalue weighted by Crippen LogP contribution is 2.27. The molecule has 0 amide bonds. The fraction of sp³-hybridized carbons (Fsp3) is 0.714. The number of carbonyl (C=O) groups is 4. The van der Waals surface area contributed by atoms with Gasteiger partial charge in [0.05, 0.1) is 0 Å². The number of esters is 3. The Morgan fingerprint density at radius 2 is 1.52 bits per heavy atom. The van der Waals surface area contributed by atoms with E-state index in [9.17, 15) is 24.3 Å². The van der Waals surface area contributed by atoms with Crippen molar-refractivity contribution < 1.29 is 53.1 Å². The van der Waals surface area contributed by atoms with Gasteiger partial charge in [-0.15, -0.1) is 0 Å². The molecule has 0 spiro atoms. The number of carboxylic acid groups (broad SMARTS) is 1. The van der Waals surface area contributed by atoms with E-state index in [1.807, 2.05) is 0 Å². The SMILES string of the molecule is CC(=O)OC[C@H]1O[C@@H](OCC(=O)O)[C@H](O)[C@@H](OC(C)=O)[C@@H]1OC(C)=O. The Bertz CT molecular complexity index is 517. The third-order valence-corrected chi connectivity index (χ3v) is 3.04.